The number of benzene rings is 2. The van der Waals surface area contributed by atoms with E-state index in [1.165, 1.54) is 4.90 Å². The molecule has 0 fully saturated rings. The minimum atomic E-state index is 0.162. The number of hydrogen-bond donors (Lipinski definition) is 1. The molecule has 0 radical (unpaired) electrons. The summed E-state index contributed by atoms with van der Waals surface area (Å²) in [6.07, 6.45) is 0.941. The molecule has 2 aromatic rings. The van der Waals surface area contributed by atoms with Crippen LogP contribution in [0.2, 0.25) is 5.02 Å². The van der Waals surface area contributed by atoms with Gasteiger partial charge in [-0.1, -0.05) is 41.9 Å². The molecule has 0 aliphatic heterocycles. The Kier molecular flexibility index (Phi) is 5.77. The van der Waals surface area contributed by atoms with Crippen LogP contribution in [0.15, 0.2) is 59.5 Å². The van der Waals surface area contributed by atoms with Gasteiger partial charge in [0.25, 0.3) is 0 Å². The lowest BCUT2D eigenvalue weighted by atomic mass is 9.98. The molecular weight excluding hydrogens is 276 g/mol. The number of thioether (sulfide) groups is 1. The molecular formula is C16H17ClOS. The van der Waals surface area contributed by atoms with Crippen molar-refractivity contribution in [2.24, 2.45) is 0 Å². The maximum atomic E-state index is 9.52. The molecule has 1 nitrogen and oxygen atoms in total. The fourth-order valence-electron chi connectivity index (χ4n) is 1.96. The molecule has 3 heteroatoms. The normalized spacial score (nSPS) is 12.3. The summed E-state index contributed by atoms with van der Waals surface area (Å²) in [5.41, 5.74) is 1.11. The van der Waals surface area contributed by atoms with Crippen molar-refractivity contribution in [2.45, 2.75) is 17.2 Å². The Hall–Kier alpha value is -0.960. The quantitative estimate of drug-likeness (QED) is 0.785. The summed E-state index contributed by atoms with van der Waals surface area (Å²) in [6, 6.07) is 18.1. The Labute approximate surface area is 123 Å². The average molecular weight is 293 g/mol. The molecule has 0 aromatic heterocycles. The minimum Gasteiger partial charge on any atom is -0.396 e. The zero-order valence-electron chi connectivity index (χ0n) is 10.6. The number of aliphatic hydroxyl groups excluding tert-OH is 1. The van der Waals surface area contributed by atoms with Crippen molar-refractivity contribution in [3.8, 4) is 0 Å². The first-order chi connectivity index (χ1) is 9.29. The van der Waals surface area contributed by atoms with Crippen molar-refractivity contribution >= 4 is 23.4 Å². The van der Waals surface area contributed by atoms with Gasteiger partial charge in [-0.05, 0) is 42.0 Å². The molecule has 19 heavy (non-hydrogen) atoms. The van der Waals surface area contributed by atoms with Gasteiger partial charge < -0.3 is 5.11 Å². The summed E-state index contributed by atoms with van der Waals surface area (Å²) in [4.78, 5) is 1.27. The molecule has 2 aromatic carbocycles. The third kappa shape index (κ3) is 4.57. The van der Waals surface area contributed by atoms with E-state index >= 15 is 0 Å². The van der Waals surface area contributed by atoms with Crippen molar-refractivity contribution in [1.82, 2.24) is 0 Å². The first-order valence-electron chi connectivity index (χ1n) is 6.34. The van der Waals surface area contributed by atoms with Crippen LogP contribution in [0.4, 0.5) is 0 Å². The van der Waals surface area contributed by atoms with E-state index in [1.54, 1.807) is 0 Å². The first kappa shape index (κ1) is 14.4. The van der Waals surface area contributed by atoms with Crippen LogP contribution in [-0.4, -0.2) is 17.5 Å². The molecule has 0 heterocycles. The lowest BCUT2D eigenvalue weighted by molar-refractivity contribution is 0.263. The zero-order valence-corrected chi connectivity index (χ0v) is 12.2. The van der Waals surface area contributed by atoms with Gasteiger partial charge in [0.1, 0.15) is 0 Å². The van der Waals surface area contributed by atoms with E-state index in [9.17, 15) is 5.11 Å². The van der Waals surface area contributed by atoms with Crippen molar-refractivity contribution in [2.75, 3.05) is 12.4 Å². The van der Waals surface area contributed by atoms with E-state index in [2.05, 4.69) is 12.1 Å². The highest BCUT2D eigenvalue weighted by Gasteiger charge is 2.10. The Morgan fingerprint density at radius 1 is 1.05 bits per heavy atom. The molecule has 1 unspecified atom stereocenters. The second-order valence-electron chi connectivity index (χ2n) is 4.38. The van der Waals surface area contributed by atoms with Crippen molar-refractivity contribution in [1.29, 1.82) is 0 Å². The zero-order chi connectivity index (χ0) is 13.5. The summed E-state index contributed by atoms with van der Waals surface area (Å²) in [5, 5.41) is 10.2. The molecule has 0 aliphatic carbocycles. The minimum absolute atomic E-state index is 0.162. The fourth-order valence-corrected chi connectivity index (χ4v) is 3.15. The van der Waals surface area contributed by atoms with Crippen LogP contribution in [0.3, 0.4) is 0 Å². The monoisotopic (exact) mass is 292 g/mol. The molecule has 2 rings (SSSR count). The van der Waals surface area contributed by atoms with Gasteiger partial charge in [0, 0.05) is 22.4 Å². The molecule has 0 spiro atoms. The van der Waals surface area contributed by atoms with Gasteiger partial charge in [-0.3, -0.25) is 0 Å². The van der Waals surface area contributed by atoms with Gasteiger partial charge in [-0.2, -0.15) is 0 Å². The van der Waals surface area contributed by atoms with Crippen LogP contribution in [0.1, 0.15) is 17.9 Å². The Balaban J connectivity index is 1.89. The number of hydrogen-bond acceptors (Lipinski definition) is 2. The second-order valence-corrected chi connectivity index (χ2v) is 5.99. The molecule has 1 N–H and O–H groups in total. The Morgan fingerprint density at radius 3 is 2.53 bits per heavy atom. The van der Waals surface area contributed by atoms with Crippen LogP contribution in [-0.2, 0) is 0 Å². The van der Waals surface area contributed by atoms with E-state index in [1.807, 2.05) is 54.2 Å². The van der Waals surface area contributed by atoms with Crippen molar-refractivity contribution in [3.63, 3.8) is 0 Å². The molecule has 0 saturated heterocycles. The first-order valence-corrected chi connectivity index (χ1v) is 7.70. The van der Waals surface area contributed by atoms with E-state index in [4.69, 9.17) is 11.6 Å². The highest BCUT2D eigenvalue weighted by molar-refractivity contribution is 7.99. The lowest BCUT2D eigenvalue weighted by Gasteiger charge is -2.14. The van der Waals surface area contributed by atoms with E-state index < -0.39 is 0 Å². The third-order valence-electron chi connectivity index (χ3n) is 3.02. The highest BCUT2D eigenvalue weighted by atomic mass is 35.5. The van der Waals surface area contributed by atoms with Crippen molar-refractivity contribution in [3.05, 3.63) is 65.2 Å². The third-order valence-corrected chi connectivity index (χ3v) is 4.30. The van der Waals surface area contributed by atoms with Crippen LogP contribution in [0, 0.1) is 0 Å². The smallest absolute Gasteiger partial charge is 0.0500 e. The highest BCUT2D eigenvalue weighted by Crippen LogP contribution is 2.26. The molecule has 1 atom stereocenters. The number of halogens is 1. The van der Waals surface area contributed by atoms with Crippen LogP contribution >= 0.6 is 23.4 Å². The van der Waals surface area contributed by atoms with E-state index in [-0.39, 0.29) is 12.5 Å². The number of aliphatic hydroxyl groups is 1. The van der Waals surface area contributed by atoms with Gasteiger partial charge >= 0.3 is 0 Å². The van der Waals surface area contributed by atoms with Gasteiger partial charge in [-0.25, -0.2) is 0 Å². The predicted molar refractivity (Wildman–Crippen MR) is 83.1 cm³/mol. The van der Waals surface area contributed by atoms with Gasteiger partial charge in [-0.15, -0.1) is 11.8 Å². The SMILES string of the molecule is OCC(CCSc1ccccc1)c1cccc(Cl)c1. The molecule has 0 saturated carbocycles. The average Bonchev–Trinajstić information content (AvgIpc) is 2.45. The molecule has 0 bridgehead atoms. The van der Waals surface area contributed by atoms with Gasteiger partial charge in [0.15, 0.2) is 0 Å². The van der Waals surface area contributed by atoms with Gasteiger partial charge in [0.2, 0.25) is 0 Å². The van der Waals surface area contributed by atoms with Crippen LogP contribution in [0.5, 0.6) is 0 Å². The second kappa shape index (κ2) is 7.59. The van der Waals surface area contributed by atoms with Crippen molar-refractivity contribution < 1.29 is 5.11 Å². The maximum absolute atomic E-state index is 9.52. The lowest BCUT2D eigenvalue weighted by Crippen LogP contribution is -2.05. The van der Waals surface area contributed by atoms with E-state index in [0.717, 1.165) is 22.8 Å². The summed E-state index contributed by atoms with van der Waals surface area (Å²) in [6.45, 7) is 0.162. The molecule has 100 valence electrons. The Bertz CT molecular complexity index is 501. The summed E-state index contributed by atoms with van der Waals surface area (Å²) < 4.78 is 0. The number of rotatable bonds is 6. The fraction of sp³-hybridized carbons (Fsp3) is 0.250. The standard InChI is InChI=1S/C16H17ClOS/c17-15-6-4-5-13(11-15)14(12-18)9-10-19-16-7-2-1-3-8-16/h1-8,11,14,18H,9-10,12H2. The van der Waals surface area contributed by atoms with Crippen LogP contribution in [0.25, 0.3) is 0 Å². The molecule has 0 aliphatic rings. The molecule has 0 amide bonds. The maximum Gasteiger partial charge on any atom is 0.0500 e. The van der Waals surface area contributed by atoms with E-state index in [0.29, 0.717) is 0 Å². The summed E-state index contributed by atoms with van der Waals surface area (Å²) >= 11 is 7.81. The summed E-state index contributed by atoms with van der Waals surface area (Å²) in [7, 11) is 0. The topological polar surface area (TPSA) is 20.2 Å². The predicted octanol–water partition coefficient (Wildman–Crippen LogP) is 4.60. The summed E-state index contributed by atoms with van der Waals surface area (Å²) in [5.74, 6) is 1.15. The Morgan fingerprint density at radius 2 is 1.84 bits per heavy atom. The van der Waals surface area contributed by atoms with Crippen LogP contribution < -0.4 is 0 Å². The van der Waals surface area contributed by atoms with Gasteiger partial charge in [0.05, 0.1) is 0 Å². The largest absolute Gasteiger partial charge is 0.396 e.